The molecule has 0 fully saturated rings. The molecular formula is C26H35BNa2O12PS3. The van der Waals surface area contributed by atoms with Crippen LogP contribution in [-0.2, 0) is 61.9 Å². The van der Waals surface area contributed by atoms with E-state index in [2.05, 4.69) is 14.7 Å². The standard InChI is InChI=1S/C9H12O6S.C9H12O5S.C6H6O.C2H6.BHPS.2Na/c10-3-7-1-6(5-16(13,14)15)2-8(4-11)9(7)12;1-6-2-7(5-15(12,13)14)3-8(4-10)9(6)11;7-6-4-2-1-3-5-6;1-2;1-3-2;;/h1-2,10-12H,3-5H2,(H,13,14,15);2-3,10-11H,4-5H2,1H3,(H,12,13,14);1-5,7H;1-2H3;2H;;/q;;;;;2*+1/p-2. The molecule has 239 valence electrons. The van der Waals surface area contributed by atoms with Crippen molar-refractivity contribution in [3.05, 3.63) is 88.0 Å². The summed E-state index contributed by atoms with van der Waals surface area (Å²) >= 11 is 0. The molecule has 0 atom stereocenters. The predicted molar refractivity (Wildman–Crippen MR) is 166 cm³/mol. The van der Waals surface area contributed by atoms with Gasteiger partial charge in [-0.25, -0.2) is 16.8 Å². The van der Waals surface area contributed by atoms with E-state index in [-0.39, 0.29) is 98.4 Å². The van der Waals surface area contributed by atoms with Crippen molar-refractivity contribution >= 4 is 45.3 Å². The van der Waals surface area contributed by atoms with Crippen molar-refractivity contribution in [2.45, 2.75) is 52.1 Å². The van der Waals surface area contributed by atoms with Gasteiger partial charge in [0.1, 0.15) is 17.2 Å². The van der Waals surface area contributed by atoms with E-state index in [1.165, 1.54) is 24.3 Å². The van der Waals surface area contributed by atoms with Crippen molar-refractivity contribution in [2.75, 3.05) is 0 Å². The van der Waals surface area contributed by atoms with Gasteiger partial charge in [0.15, 0.2) is 0 Å². The minimum Gasteiger partial charge on any atom is 1.00 e. The average molecular weight is 724 g/mol. The van der Waals surface area contributed by atoms with Crippen LogP contribution in [0.15, 0.2) is 54.6 Å². The molecule has 3 aromatic rings. The average Bonchev–Trinajstić information content (AvgIpc) is 2.92. The van der Waals surface area contributed by atoms with E-state index >= 15 is 0 Å². The van der Waals surface area contributed by atoms with Gasteiger partial charge in [-0.2, -0.15) is 0 Å². The van der Waals surface area contributed by atoms with E-state index < -0.39 is 51.6 Å². The molecule has 3 aromatic carbocycles. The van der Waals surface area contributed by atoms with Crippen molar-refractivity contribution in [3.63, 3.8) is 0 Å². The molecule has 0 aliphatic rings. The molecule has 12 nitrogen and oxygen atoms in total. The maximum atomic E-state index is 10.5. The summed E-state index contributed by atoms with van der Waals surface area (Å²) in [6.45, 7) is 8.82. The van der Waals surface area contributed by atoms with Gasteiger partial charge in [-0.15, -0.1) is 0 Å². The minimum atomic E-state index is -4.43. The van der Waals surface area contributed by atoms with E-state index in [9.17, 15) is 36.2 Å². The number of aliphatic hydroxyl groups excluding tert-OH is 3. The number of benzene rings is 3. The van der Waals surface area contributed by atoms with Crippen LogP contribution in [0.1, 0.15) is 47.2 Å². The van der Waals surface area contributed by atoms with E-state index in [1.807, 2.05) is 19.9 Å². The fourth-order valence-corrected chi connectivity index (χ4v) is 4.28. The summed E-state index contributed by atoms with van der Waals surface area (Å²) in [6, 6.07) is 13.8. The van der Waals surface area contributed by atoms with Crippen LogP contribution in [0.3, 0.4) is 0 Å². The second-order valence-electron chi connectivity index (χ2n) is 8.01. The summed E-state index contributed by atoms with van der Waals surface area (Å²) in [5.41, 5.74) is 1.19. The monoisotopic (exact) mass is 723 g/mol. The molecule has 3 rings (SSSR count). The molecule has 0 saturated heterocycles. The van der Waals surface area contributed by atoms with Crippen LogP contribution < -0.4 is 59.1 Å². The third-order valence-corrected chi connectivity index (χ3v) is 6.09. The smallest absolute Gasteiger partial charge is 1.00 e. The molecule has 0 aliphatic heterocycles. The summed E-state index contributed by atoms with van der Waals surface area (Å²) in [4.78, 5) is 0. The Morgan fingerprint density at radius 2 is 1.02 bits per heavy atom. The Bertz CT molecular complexity index is 1500. The van der Waals surface area contributed by atoms with Gasteiger partial charge in [-0.05, 0) is 53.9 Å². The maximum Gasteiger partial charge on any atom is 1.00 e. The molecule has 0 aromatic heterocycles. The zero-order valence-corrected chi connectivity index (χ0v) is 33.1. The number of para-hydroxylation sites is 1. The Hall–Kier alpha value is -0.655. The molecule has 0 bridgehead atoms. The first-order valence-electron chi connectivity index (χ1n) is 12.1. The molecule has 0 aliphatic carbocycles. The quantitative estimate of drug-likeness (QED) is 0.0786. The second kappa shape index (κ2) is 27.3. The Balaban J connectivity index is -0.000000268. The Morgan fingerprint density at radius 1 is 0.711 bits per heavy atom. The van der Waals surface area contributed by atoms with Crippen molar-refractivity contribution in [2.24, 2.45) is 0 Å². The van der Waals surface area contributed by atoms with E-state index in [1.54, 1.807) is 31.2 Å². The van der Waals surface area contributed by atoms with Crippen LogP contribution in [0.4, 0.5) is 0 Å². The molecule has 6 N–H and O–H groups in total. The number of rotatable bonds is 7. The van der Waals surface area contributed by atoms with Crippen molar-refractivity contribution < 1.29 is 116 Å². The molecule has 19 heteroatoms. The van der Waals surface area contributed by atoms with Crippen LogP contribution in [0.2, 0.25) is 0 Å². The molecule has 45 heavy (non-hydrogen) atoms. The Kier molecular flexibility index (Phi) is 31.1. The first-order valence-corrected chi connectivity index (χ1v) is 17.4. The van der Waals surface area contributed by atoms with E-state index in [4.69, 9.17) is 20.4 Å². The topological polar surface area (TPSA) is 236 Å². The SMILES string of the molecule is CC.Cc1cc(CS(=O)(=O)[O-])cc(CO)c1O.O=S(=O)([O-])Cc1cc(CO)c(O)c(CO)c1.Oc1ccccc1.[B]=S=P.[Na+].[Na+]. The van der Waals surface area contributed by atoms with Gasteiger partial charge in [-0.3, -0.25) is 0 Å². The van der Waals surface area contributed by atoms with Crippen LogP contribution in [-0.4, -0.2) is 63.3 Å². The molecule has 0 saturated carbocycles. The number of aryl methyl sites for hydroxylation is 1. The number of hydrogen-bond acceptors (Lipinski definition) is 12. The number of hydrogen-bond donors (Lipinski definition) is 6. The zero-order valence-electron chi connectivity index (χ0n) is 25.7. The largest absolute Gasteiger partial charge is 1.00 e. The molecule has 0 unspecified atom stereocenters. The summed E-state index contributed by atoms with van der Waals surface area (Å²) in [5.74, 6) is -1.43. The van der Waals surface area contributed by atoms with Gasteiger partial charge in [0.2, 0.25) is 0 Å². The molecular weight excluding hydrogens is 688 g/mol. The van der Waals surface area contributed by atoms with Crippen LogP contribution in [0.5, 0.6) is 17.2 Å². The Labute approximate surface area is 315 Å². The van der Waals surface area contributed by atoms with Crippen LogP contribution in [0, 0.1) is 6.92 Å². The first-order chi connectivity index (χ1) is 20.0. The summed E-state index contributed by atoms with van der Waals surface area (Å²) < 4.78 is 63.2. The zero-order chi connectivity index (χ0) is 33.8. The van der Waals surface area contributed by atoms with Gasteiger partial charge in [0.25, 0.3) is 0 Å². The maximum absolute atomic E-state index is 10.5. The van der Waals surface area contributed by atoms with Gasteiger partial charge >= 0.3 is 84.2 Å². The van der Waals surface area contributed by atoms with Crippen molar-refractivity contribution in [3.8, 4) is 17.2 Å². The third kappa shape index (κ3) is 24.2. The van der Waals surface area contributed by atoms with Crippen molar-refractivity contribution in [1.29, 1.82) is 0 Å². The van der Waals surface area contributed by atoms with Crippen molar-refractivity contribution in [1.82, 2.24) is 0 Å². The normalized spacial score (nSPS) is 9.76. The number of phenols is 3. The van der Waals surface area contributed by atoms with Crippen LogP contribution >= 0.6 is 8.02 Å². The molecule has 1 radical (unpaired) electrons. The molecule has 0 heterocycles. The van der Waals surface area contributed by atoms with Gasteiger partial charge in [0.05, 0.1) is 51.6 Å². The number of phenolic OH excluding ortho intramolecular Hbond substituents is 1. The summed E-state index contributed by atoms with van der Waals surface area (Å²) in [5, 5.41) is 54.2. The fraction of sp³-hybridized carbons (Fsp3) is 0.308. The third-order valence-electron chi connectivity index (χ3n) is 4.72. The first kappa shape index (κ1) is 51.2. The molecule has 0 spiro atoms. The van der Waals surface area contributed by atoms with E-state index in [0.29, 0.717) is 11.3 Å². The Morgan fingerprint density at radius 3 is 1.29 bits per heavy atom. The number of aromatic hydroxyl groups is 3. The predicted octanol–water partition coefficient (Wildman–Crippen LogP) is -3.70. The summed E-state index contributed by atoms with van der Waals surface area (Å²) in [7, 11) is -4.85. The summed E-state index contributed by atoms with van der Waals surface area (Å²) in [6.07, 6.45) is 0. The second-order valence-corrected chi connectivity index (χ2v) is 11.8. The van der Waals surface area contributed by atoms with Gasteiger partial charge in [0, 0.05) is 16.7 Å². The number of aliphatic hydroxyl groups is 3. The van der Waals surface area contributed by atoms with Gasteiger partial charge in [-0.1, -0.05) is 38.1 Å². The minimum absolute atomic E-state index is 0. The van der Waals surface area contributed by atoms with Gasteiger partial charge < -0.3 is 39.7 Å². The van der Waals surface area contributed by atoms with Crippen LogP contribution in [0.25, 0.3) is 0 Å². The van der Waals surface area contributed by atoms with E-state index in [0.717, 1.165) is 10.4 Å². The fourth-order valence-electron chi connectivity index (χ4n) is 3.13. The molecule has 0 amide bonds.